The van der Waals surface area contributed by atoms with Gasteiger partial charge >= 0.3 is 0 Å². The highest BCUT2D eigenvalue weighted by Crippen LogP contribution is 2.21. The van der Waals surface area contributed by atoms with Crippen LogP contribution in [0, 0.1) is 0 Å². The Labute approximate surface area is 108 Å². The monoisotopic (exact) mass is 254 g/mol. The van der Waals surface area contributed by atoms with Crippen LogP contribution in [0.3, 0.4) is 0 Å². The van der Waals surface area contributed by atoms with Crippen LogP contribution in [0.15, 0.2) is 17.5 Å². The Hall–Kier alpha value is -0.420. The zero-order valence-corrected chi connectivity index (χ0v) is 11.3. The first-order valence-electron chi connectivity index (χ1n) is 6.45. The lowest BCUT2D eigenvalue weighted by Crippen LogP contribution is -2.46. The van der Waals surface area contributed by atoms with Gasteiger partial charge < -0.3 is 14.9 Å². The second-order valence-electron chi connectivity index (χ2n) is 4.60. The first-order chi connectivity index (χ1) is 8.29. The molecule has 2 rings (SSSR count). The van der Waals surface area contributed by atoms with Gasteiger partial charge in [-0.05, 0) is 24.4 Å². The summed E-state index contributed by atoms with van der Waals surface area (Å²) in [5.74, 6) is 0. The molecule has 1 aromatic rings. The largest absolute Gasteiger partial charge is 0.388 e. The average Bonchev–Trinajstić information content (AvgIpc) is 2.90. The van der Waals surface area contributed by atoms with Crippen LogP contribution in [0.2, 0.25) is 0 Å². The van der Waals surface area contributed by atoms with Crippen LogP contribution < -0.4 is 0 Å². The quantitative estimate of drug-likeness (QED) is 0.868. The Morgan fingerprint density at radius 1 is 1.29 bits per heavy atom. The number of likely N-dealkylation sites (N-methyl/N-ethyl adjacent to an activating group) is 1. The van der Waals surface area contributed by atoms with Crippen molar-refractivity contribution in [2.75, 3.05) is 39.3 Å². The molecule has 2 heterocycles. The van der Waals surface area contributed by atoms with Gasteiger partial charge in [-0.1, -0.05) is 13.0 Å². The van der Waals surface area contributed by atoms with Crippen LogP contribution >= 0.6 is 11.3 Å². The van der Waals surface area contributed by atoms with Gasteiger partial charge in [0, 0.05) is 37.6 Å². The van der Waals surface area contributed by atoms with Gasteiger partial charge in [0.25, 0.3) is 0 Å². The summed E-state index contributed by atoms with van der Waals surface area (Å²) < 4.78 is 0. The molecule has 1 aliphatic heterocycles. The summed E-state index contributed by atoms with van der Waals surface area (Å²) in [5.41, 5.74) is 0. The van der Waals surface area contributed by atoms with Gasteiger partial charge in [-0.3, -0.25) is 0 Å². The maximum Gasteiger partial charge on any atom is 0.0894 e. The van der Waals surface area contributed by atoms with Crippen molar-refractivity contribution >= 4 is 11.3 Å². The average molecular weight is 254 g/mol. The van der Waals surface area contributed by atoms with E-state index in [9.17, 15) is 5.11 Å². The van der Waals surface area contributed by atoms with E-state index >= 15 is 0 Å². The molecule has 17 heavy (non-hydrogen) atoms. The van der Waals surface area contributed by atoms with E-state index in [0.717, 1.165) is 37.5 Å². The van der Waals surface area contributed by atoms with E-state index in [-0.39, 0.29) is 6.10 Å². The van der Waals surface area contributed by atoms with Gasteiger partial charge in [-0.15, -0.1) is 11.3 Å². The molecule has 1 unspecified atom stereocenters. The minimum atomic E-state index is -0.279. The number of thiophene rings is 1. The fraction of sp³-hybridized carbons (Fsp3) is 0.692. The highest BCUT2D eigenvalue weighted by atomic mass is 32.1. The van der Waals surface area contributed by atoms with Crippen molar-refractivity contribution in [3.05, 3.63) is 22.4 Å². The lowest BCUT2D eigenvalue weighted by molar-refractivity contribution is 0.106. The molecule has 0 spiro atoms. The molecule has 1 aliphatic rings. The predicted molar refractivity (Wildman–Crippen MR) is 72.4 cm³/mol. The number of aliphatic hydroxyl groups excluding tert-OH is 1. The number of aliphatic hydroxyl groups is 1. The molecule has 0 aromatic carbocycles. The molecular formula is C13H22N2OS. The van der Waals surface area contributed by atoms with Crippen molar-refractivity contribution in [2.24, 2.45) is 0 Å². The molecular weight excluding hydrogens is 232 g/mol. The highest BCUT2D eigenvalue weighted by molar-refractivity contribution is 7.10. The topological polar surface area (TPSA) is 26.7 Å². The minimum Gasteiger partial charge on any atom is -0.388 e. The van der Waals surface area contributed by atoms with E-state index in [1.165, 1.54) is 13.1 Å². The fourth-order valence-electron chi connectivity index (χ4n) is 2.26. The molecule has 0 saturated carbocycles. The van der Waals surface area contributed by atoms with Gasteiger partial charge in [-0.2, -0.15) is 0 Å². The highest BCUT2D eigenvalue weighted by Gasteiger charge is 2.17. The number of hydrogen-bond donors (Lipinski definition) is 1. The number of rotatable bonds is 5. The standard InChI is InChI=1S/C13H22N2OS/c1-2-14-7-9-15(10-8-14)6-5-12(16)13-4-3-11-17-13/h3-4,11-12,16H,2,5-10H2,1H3. The lowest BCUT2D eigenvalue weighted by atomic mass is 10.2. The summed E-state index contributed by atoms with van der Waals surface area (Å²) in [6.45, 7) is 9.02. The van der Waals surface area contributed by atoms with E-state index in [4.69, 9.17) is 0 Å². The summed E-state index contributed by atoms with van der Waals surface area (Å²) in [6.07, 6.45) is 0.575. The second kappa shape index (κ2) is 6.50. The lowest BCUT2D eigenvalue weighted by Gasteiger charge is -2.34. The molecule has 3 nitrogen and oxygen atoms in total. The Kier molecular flexibility index (Phi) is 4.98. The van der Waals surface area contributed by atoms with Gasteiger partial charge in [0.1, 0.15) is 0 Å². The summed E-state index contributed by atoms with van der Waals surface area (Å²) >= 11 is 1.64. The van der Waals surface area contributed by atoms with Gasteiger partial charge in [-0.25, -0.2) is 0 Å². The normalized spacial score (nSPS) is 20.6. The van der Waals surface area contributed by atoms with Gasteiger partial charge in [0.15, 0.2) is 0 Å². The Bertz CT molecular complexity index is 307. The zero-order chi connectivity index (χ0) is 12.1. The van der Waals surface area contributed by atoms with Gasteiger partial charge in [0.2, 0.25) is 0 Å². The van der Waals surface area contributed by atoms with E-state index in [1.807, 2.05) is 17.5 Å². The van der Waals surface area contributed by atoms with Crippen LogP contribution in [0.5, 0.6) is 0 Å². The van der Waals surface area contributed by atoms with Crippen molar-refractivity contribution in [1.82, 2.24) is 9.80 Å². The van der Waals surface area contributed by atoms with E-state index in [1.54, 1.807) is 11.3 Å². The third-order valence-corrected chi connectivity index (χ3v) is 4.48. The predicted octanol–water partition coefficient (Wildman–Crippen LogP) is 1.81. The molecule has 1 aromatic heterocycles. The van der Waals surface area contributed by atoms with Crippen molar-refractivity contribution in [3.63, 3.8) is 0 Å². The van der Waals surface area contributed by atoms with E-state index < -0.39 is 0 Å². The van der Waals surface area contributed by atoms with E-state index in [0.29, 0.717) is 0 Å². The summed E-state index contributed by atoms with van der Waals surface area (Å²) in [6, 6.07) is 4.02. The fourth-order valence-corrected chi connectivity index (χ4v) is 3.00. The third kappa shape index (κ3) is 3.78. The number of piperazine rings is 1. The molecule has 1 atom stereocenters. The van der Waals surface area contributed by atoms with Crippen LogP contribution in [0.1, 0.15) is 24.3 Å². The molecule has 1 saturated heterocycles. The first-order valence-corrected chi connectivity index (χ1v) is 7.33. The maximum atomic E-state index is 10.0. The smallest absolute Gasteiger partial charge is 0.0894 e. The summed E-state index contributed by atoms with van der Waals surface area (Å²) in [7, 11) is 0. The van der Waals surface area contributed by atoms with Crippen LogP contribution in [-0.4, -0.2) is 54.2 Å². The van der Waals surface area contributed by atoms with Crippen molar-refractivity contribution in [3.8, 4) is 0 Å². The summed E-state index contributed by atoms with van der Waals surface area (Å²) in [5, 5.41) is 12.0. The Morgan fingerprint density at radius 2 is 2.00 bits per heavy atom. The van der Waals surface area contributed by atoms with Crippen molar-refractivity contribution < 1.29 is 5.11 Å². The van der Waals surface area contributed by atoms with Crippen LogP contribution in [0.4, 0.5) is 0 Å². The number of hydrogen-bond acceptors (Lipinski definition) is 4. The van der Waals surface area contributed by atoms with Crippen molar-refractivity contribution in [2.45, 2.75) is 19.4 Å². The molecule has 1 N–H and O–H groups in total. The Balaban J connectivity index is 1.69. The zero-order valence-electron chi connectivity index (χ0n) is 10.5. The van der Waals surface area contributed by atoms with Crippen LogP contribution in [0.25, 0.3) is 0 Å². The SMILES string of the molecule is CCN1CCN(CCC(O)c2cccs2)CC1. The minimum absolute atomic E-state index is 0.279. The maximum absolute atomic E-state index is 10.0. The Morgan fingerprint density at radius 3 is 2.59 bits per heavy atom. The molecule has 0 aliphatic carbocycles. The molecule has 1 fully saturated rings. The molecule has 0 bridgehead atoms. The summed E-state index contributed by atoms with van der Waals surface area (Å²) in [4.78, 5) is 6.03. The van der Waals surface area contributed by atoms with Crippen LogP contribution in [-0.2, 0) is 0 Å². The van der Waals surface area contributed by atoms with Crippen molar-refractivity contribution in [1.29, 1.82) is 0 Å². The molecule has 96 valence electrons. The third-order valence-electron chi connectivity index (χ3n) is 3.50. The molecule has 0 amide bonds. The second-order valence-corrected chi connectivity index (χ2v) is 5.58. The molecule has 0 radical (unpaired) electrons. The van der Waals surface area contributed by atoms with E-state index in [2.05, 4.69) is 16.7 Å². The molecule has 4 heteroatoms. The number of nitrogens with zero attached hydrogens (tertiary/aromatic N) is 2. The first kappa shape index (κ1) is 13.0. The van der Waals surface area contributed by atoms with Gasteiger partial charge in [0.05, 0.1) is 6.10 Å².